The van der Waals surface area contributed by atoms with Crippen LogP contribution in [0.3, 0.4) is 0 Å². The number of halogens is 1. The Bertz CT molecular complexity index is 1090. The molecule has 0 radical (unpaired) electrons. The van der Waals surface area contributed by atoms with Crippen LogP contribution >= 0.6 is 0 Å². The van der Waals surface area contributed by atoms with Crippen molar-refractivity contribution in [1.82, 2.24) is 5.32 Å². The van der Waals surface area contributed by atoms with E-state index in [4.69, 9.17) is 4.42 Å². The van der Waals surface area contributed by atoms with Crippen molar-refractivity contribution in [1.29, 1.82) is 0 Å². The number of hydrogen-bond acceptors (Lipinski definition) is 3. The van der Waals surface area contributed by atoms with E-state index in [0.717, 1.165) is 31.2 Å². The van der Waals surface area contributed by atoms with Crippen molar-refractivity contribution in [2.24, 2.45) is 0 Å². The van der Waals surface area contributed by atoms with Crippen LogP contribution in [0, 0.1) is 19.7 Å². The number of carbonyl (C=O) groups excluding carboxylic acids is 2. The van der Waals surface area contributed by atoms with Gasteiger partial charge in [-0.05, 0) is 62.1 Å². The molecule has 1 aliphatic carbocycles. The Kier molecular flexibility index (Phi) is 6.40. The lowest BCUT2D eigenvalue weighted by atomic mass is 10.0. The molecule has 4 rings (SSSR count). The van der Waals surface area contributed by atoms with Crippen molar-refractivity contribution >= 4 is 17.5 Å². The molecule has 1 atom stereocenters. The first-order valence-corrected chi connectivity index (χ1v) is 10.9. The number of anilines is 1. The van der Waals surface area contributed by atoms with Crippen LogP contribution in [-0.2, 0) is 4.79 Å². The zero-order valence-electron chi connectivity index (χ0n) is 18.3. The van der Waals surface area contributed by atoms with E-state index in [9.17, 15) is 14.0 Å². The summed E-state index contributed by atoms with van der Waals surface area (Å²) >= 11 is 0. The van der Waals surface area contributed by atoms with Gasteiger partial charge in [0.2, 0.25) is 5.91 Å². The summed E-state index contributed by atoms with van der Waals surface area (Å²) in [6.07, 6.45) is 5.37. The molecule has 5 nitrogen and oxygen atoms in total. The third-order valence-corrected chi connectivity index (χ3v) is 5.99. The Morgan fingerprint density at radius 2 is 1.78 bits per heavy atom. The van der Waals surface area contributed by atoms with E-state index in [1.54, 1.807) is 31.2 Å². The summed E-state index contributed by atoms with van der Waals surface area (Å²) in [5.41, 5.74) is 2.43. The van der Waals surface area contributed by atoms with Crippen LogP contribution in [0.2, 0.25) is 0 Å². The van der Waals surface area contributed by atoms with Crippen molar-refractivity contribution in [2.45, 2.75) is 51.6 Å². The first-order chi connectivity index (χ1) is 15.4. The average molecular weight is 435 g/mol. The van der Waals surface area contributed by atoms with E-state index in [1.165, 1.54) is 17.2 Å². The number of furan rings is 1. The van der Waals surface area contributed by atoms with Crippen LogP contribution in [0.1, 0.15) is 59.0 Å². The van der Waals surface area contributed by atoms with Gasteiger partial charge in [-0.2, -0.15) is 0 Å². The van der Waals surface area contributed by atoms with Gasteiger partial charge in [-0.3, -0.25) is 14.5 Å². The molecular formula is C26H27FN2O3. The number of nitrogens with one attached hydrogen (secondary N) is 1. The number of rotatable bonds is 6. The lowest BCUT2D eigenvalue weighted by Gasteiger charge is -2.32. The Hall–Kier alpha value is -3.41. The Labute approximate surface area is 187 Å². The van der Waals surface area contributed by atoms with Crippen LogP contribution < -0.4 is 10.2 Å². The highest BCUT2D eigenvalue weighted by molar-refractivity contribution is 6.08. The van der Waals surface area contributed by atoms with E-state index < -0.39 is 17.8 Å². The molecule has 1 heterocycles. The molecule has 6 heteroatoms. The van der Waals surface area contributed by atoms with Gasteiger partial charge in [-0.25, -0.2) is 4.39 Å². The van der Waals surface area contributed by atoms with Gasteiger partial charge in [0.05, 0.1) is 6.26 Å². The Morgan fingerprint density at radius 3 is 2.41 bits per heavy atom. The number of hydrogen-bond donors (Lipinski definition) is 1. The fourth-order valence-corrected chi connectivity index (χ4v) is 4.15. The largest absolute Gasteiger partial charge is 0.459 e. The minimum atomic E-state index is -0.976. The maximum absolute atomic E-state index is 14.5. The summed E-state index contributed by atoms with van der Waals surface area (Å²) in [6, 6.07) is 14.3. The predicted octanol–water partition coefficient (Wildman–Crippen LogP) is 5.48. The van der Waals surface area contributed by atoms with Gasteiger partial charge in [0.15, 0.2) is 5.76 Å². The average Bonchev–Trinajstić information content (AvgIpc) is 3.49. The minimum absolute atomic E-state index is 0.0748. The zero-order chi connectivity index (χ0) is 22.7. The SMILES string of the molecule is Cc1ccc([C@H](C(=O)NC2CCCC2)N(C(=O)c2ccco2)c2ccc(C)c(F)c2)cc1. The predicted molar refractivity (Wildman–Crippen MR) is 121 cm³/mol. The maximum Gasteiger partial charge on any atom is 0.294 e. The molecule has 1 aromatic heterocycles. The minimum Gasteiger partial charge on any atom is -0.459 e. The van der Waals surface area contributed by atoms with Crippen LogP contribution in [0.25, 0.3) is 0 Å². The number of benzene rings is 2. The van der Waals surface area contributed by atoms with Crippen molar-refractivity contribution in [3.63, 3.8) is 0 Å². The highest BCUT2D eigenvalue weighted by Crippen LogP contribution is 2.32. The molecule has 1 N–H and O–H groups in total. The zero-order valence-corrected chi connectivity index (χ0v) is 18.3. The van der Waals surface area contributed by atoms with E-state index in [-0.39, 0.29) is 17.7 Å². The van der Waals surface area contributed by atoms with Crippen LogP contribution in [-0.4, -0.2) is 17.9 Å². The molecule has 2 aromatic carbocycles. The van der Waals surface area contributed by atoms with Crippen LogP contribution in [0.5, 0.6) is 0 Å². The molecular weight excluding hydrogens is 407 g/mol. The second-order valence-corrected chi connectivity index (χ2v) is 8.39. The summed E-state index contributed by atoms with van der Waals surface area (Å²) in [6.45, 7) is 3.61. The van der Waals surface area contributed by atoms with Gasteiger partial charge < -0.3 is 9.73 Å². The second-order valence-electron chi connectivity index (χ2n) is 8.39. The van der Waals surface area contributed by atoms with Gasteiger partial charge in [0.1, 0.15) is 11.9 Å². The summed E-state index contributed by atoms with van der Waals surface area (Å²) in [4.78, 5) is 28.5. The summed E-state index contributed by atoms with van der Waals surface area (Å²) in [7, 11) is 0. The molecule has 3 aromatic rings. The molecule has 0 spiro atoms. The molecule has 1 saturated carbocycles. The third-order valence-electron chi connectivity index (χ3n) is 5.99. The van der Waals surface area contributed by atoms with Crippen molar-refractivity contribution in [3.8, 4) is 0 Å². The quantitative estimate of drug-likeness (QED) is 0.559. The summed E-state index contributed by atoms with van der Waals surface area (Å²) in [5, 5.41) is 3.11. The van der Waals surface area contributed by atoms with E-state index in [1.807, 2.05) is 31.2 Å². The van der Waals surface area contributed by atoms with E-state index in [0.29, 0.717) is 16.8 Å². The highest BCUT2D eigenvalue weighted by atomic mass is 19.1. The molecule has 32 heavy (non-hydrogen) atoms. The lowest BCUT2D eigenvalue weighted by Crippen LogP contribution is -2.46. The lowest BCUT2D eigenvalue weighted by molar-refractivity contribution is -0.123. The summed E-state index contributed by atoms with van der Waals surface area (Å²) in [5.74, 6) is -1.16. The smallest absolute Gasteiger partial charge is 0.294 e. The van der Waals surface area contributed by atoms with Gasteiger partial charge >= 0.3 is 0 Å². The van der Waals surface area contributed by atoms with Gasteiger partial charge in [-0.15, -0.1) is 0 Å². The highest BCUT2D eigenvalue weighted by Gasteiger charge is 2.36. The monoisotopic (exact) mass is 434 g/mol. The Morgan fingerprint density at radius 1 is 1.06 bits per heavy atom. The number of aryl methyl sites for hydroxylation is 2. The molecule has 0 saturated heterocycles. The topological polar surface area (TPSA) is 62.6 Å². The molecule has 1 aliphatic rings. The van der Waals surface area contributed by atoms with Crippen LogP contribution in [0.15, 0.2) is 65.3 Å². The molecule has 1 fully saturated rings. The van der Waals surface area contributed by atoms with Gasteiger partial charge in [0.25, 0.3) is 5.91 Å². The normalized spacial score (nSPS) is 14.8. The van der Waals surface area contributed by atoms with E-state index in [2.05, 4.69) is 5.32 Å². The number of nitrogens with zero attached hydrogens (tertiary/aromatic N) is 1. The summed E-state index contributed by atoms with van der Waals surface area (Å²) < 4.78 is 19.9. The first kappa shape index (κ1) is 21.8. The standard InChI is InChI=1S/C26H27FN2O3/c1-17-9-12-19(13-10-17)24(25(30)28-20-6-3-4-7-20)29(26(31)23-8-5-15-32-23)21-14-11-18(2)22(27)16-21/h5,8-16,20,24H,3-4,6-7H2,1-2H3,(H,28,30)/t24-/m1/s1. The number of amides is 2. The number of carbonyl (C=O) groups is 2. The fraction of sp³-hybridized carbons (Fsp3) is 0.308. The van der Waals surface area contributed by atoms with Crippen molar-refractivity contribution in [3.05, 3.63) is 89.1 Å². The Balaban J connectivity index is 1.82. The molecule has 0 unspecified atom stereocenters. The van der Waals surface area contributed by atoms with Crippen LogP contribution in [0.4, 0.5) is 10.1 Å². The molecule has 2 amide bonds. The molecule has 166 valence electrons. The fourth-order valence-electron chi connectivity index (χ4n) is 4.15. The van der Waals surface area contributed by atoms with E-state index >= 15 is 0 Å². The third kappa shape index (κ3) is 4.59. The van der Waals surface area contributed by atoms with Crippen molar-refractivity contribution < 1.29 is 18.4 Å². The molecule has 0 bridgehead atoms. The van der Waals surface area contributed by atoms with Gasteiger partial charge in [-0.1, -0.05) is 48.7 Å². The second kappa shape index (κ2) is 9.39. The molecule has 0 aliphatic heterocycles. The van der Waals surface area contributed by atoms with Gasteiger partial charge in [0, 0.05) is 11.7 Å². The first-order valence-electron chi connectivity index (χ1n) is 10.9. The van der Waals surface area contributed by atoms with Crippen molar-refractivity contribution in [2.75, 3.05) is 4.90 Å². The maximum atomic E-state index is 14.5.